The molecule has 0 saturated carbocycles. The molecule has 0 radical (unpaired) electrons. The summed E-state index contributed by atoms with van der Waals surface area (Å²) in [6.45, 7) is 5.47. The summed E-state index contributed by atoms with van der Waals surface area (Å²) in [6.07, 6.45) is 17.8. The lowest BCUT2D eigenvalue weighted by Gasteiger charge is -2.30. The van der Waals surface area contributed by atoms with Gasteiger partial charge in [-0.2, -0.15) is 0 Å². The predicted molar refractivity (Wildman–Crippen MR) is 97.5 cm³/mol. The van der Waals surface area contributed by atoms with Gasteiger partial charge >= 0.3 is 0 Å². The molecule has 0 N–H and O–H groups in total. The third kappa shape index (κ3) is 3.83. The molecule has 2 aliphatic heterocycles. The van der Waals surface area contributed by atoms with Gasteiger partial charge in [-0.25, -0.2) is 4.58 Å². The zero-order valence-corrected chi connectivity index (χ0v) is 14.4. The number of halogens is 1. The number of benzene rings is 1. The van der Waals surface area contributed by atoms with E-state index in [-0.39, 0.29) is 5.54 Å². The van der Waals surface area contributed by atoms with Gasteiger partial charge in [-0.05, 0) is 24.3 Å². The summed E-state index contributed by atoms with van der Waals surface area (Å²) in [5, 5.41) is 0.783. The van der Waals surface area contributed by atoms with Crippen LogP contribution < -0.4 is 0 Å². The monoisotopic (exact) mass is 325 g/mol. The molecule has 1 aromatic rings. The second-order valence-electron chi connectivity index (χ2n) is 6.53. The van der Waals surface area contributed by atoms with Gasteiger partial charge in [-0.3, -0.25) is 0 Å². The predicted octanol–water partition coefficient (Wildman–Crippen LogP) is 4.89. The molecule has 0 fully saturated rings. The van der Waals surface area contributed by atoms with Crippen LogP contribution in [0.5, 0.6) is 0 Å². The summed E-state index contributed by atoms with van der Waals surface area (Å²) in [4.78, 5) is 2.19. The molecule has 0 bridgehead atoms. The fourth-order valence-corrected chi connectivity index (χ4v) is 2.99. The second-order valence-corrected chi connectivity index (χ2v) is 6.96. The summed E-state index contributed by atoms with van der Waals surface area (Å²) in [7, 11) is 0. The maximum Gasteiger partial charge on any atom is 0.168 e. The van der Waals surface area contributed by atoms with Crippen molar-refractivity contribution in [2.45, 2.75) is 32.4 Å². The van der Waals surface area contributed by atoms with Gasteiger partial charge in [0.25, 0.3) is 0 Å². The third-order valence-electron chi connectivity index (χ3n) is 4.26. The molecule has 3 rings (SSSR count). The first kappa shape index (κ1) is 15.8. The minimum absolute atomic E-state index is 0.0606. The molecule has 0 unspecified atom stereocenters. The Morgan fingerprint density at radius 2 is 1.70 bits per heavy atom. The first-order chi connectivity index (χ1) is 11.0. The lowest BCUT2D eigenvalue weighted by atomic mass is 9.93. The van der Waals surface area contributed by atoms with Gasteiger partial charge in [0.15, 0.2) is 18.3 Å². The van der Waals surface area contributed by atoms with E-state index in [1.165, 1.54) is 11.3 Å². The van der Waals surface area contributed by atoms with E-state index in [0.717, 1.165) is 18.0 Å². The Balaban J connectivity index is 1.82. The first-order valence-electron chi connectivity index (χ1n) is 7.90. The highest BCUT2D eigenvalue weighted by atomic mass is 35.5. The van der Waals surface area contributed by atoms with Crippen molar-refractivity contribution in [3.63, 3.8) is 0 Å². The Morgan fingerprint density at radius 3 is 2.30 bits per heavy atom. The molecule has 2 heterocycles. The van der Waals surface area contributed by atoms with Gasteiger partial charge in [0.05, 0.1) is 6.42 Å². The molecule has 0 aliphatic carbocycles. The maximum atomic E-state index is 5.97. The fraction of sp³-hybridized carbons (Fsp3) is 0.250. The van der Waals surface area contributed by atoms with Crippen LogP contribution in [0.4, 0.5) is 0 Å². The quantitative estimate of drug-likeness (QED) is 0.717. The summed E-state index contributed by atoms with van der Waals surface area (Å²) in [5.74, 6) is 0. The van der Waals surface area contributed by atoms with Crippen LogP contribution in [0.3, 0.4) is 0 Å². The van der Waals surface area contributed by atoms with Gasteiger partial charge in [-0.15, -0.1) is 0 Å². The molecule has 0 spiro atoms. The van der Waals surface area contributed by atoms with Crippen molar-refractivity contribution in [1.82, 2.24) is 4.90 Å². The minimum atomic E-state index is 0.0606. The van der Waals surface area contributed by atoms with Crippen LogP contribution in [0.15, 0.2) is 72.7 Å². The molecule has 2 aliphatic rings. The Kier molecular flexibility index (Phi) is 4.53. The van der Waals surface area contributed by atoms with E-state index in [9.17, 15) is 0 Å². The average Bonchev–Trinajstić information content (AvgIpc) is 2.80. The van der Waals surface area contributed by atoms with Gasteiger partial charge in [-0.1, -0.05) is 35.9 Å². The van der Waals surface area contributed by atoms with Crippen LogP contribution in [-0.4, -0.2) is 21.2 Å². The van der Waals surface area contributed by atoms with Crippen molar-refractivity contribution < 1.29 is 4.58 Å². The van der Waals surface area contributed by atoms with Gasteiger partial charge in [0.2, 0.25) is 0 Å². The van der Waals surface area contributed by atoms with Crippen molar-refractivity contribution in [3.05, 3.63) is 83.3 Å². The maximum absolute atomic E-state index is 5.97. The highest BCUT2D eigenvalue weighted by Crippen LogP contribution is 2.27. The lowest BCUT2D eigenvalue weighted by Crippen LogP contribution is -2.40. The van der Waals surface area contributed by atoms with E-state index in [0.29, 0.717) is 0 Å². The van der Waals surface area contributed by atoms with E-state index in [2.05, 4.69) is 72.3 Å². The van der Waals surface area contributed by atoms with E-state index in [1.54, 1.807) is 0 Å². The van der Waals surface area contributed by atoms with Crippen LogP contribution in [0.1, 0.15) is 25.8 Å². The number of nitrogens with zero attached hydrogens (tertiary/aromatic N) is 2. The standard InChI is InChI=1S/C20H22ClN2/c1-20(2)15-19(22-12-5-3-4-6-13-22)11-14-23(20)16-17-7-9-18(21)10-8-17/h3-14H,15-16H2,1-2H3/q+1. The van der Waals surface area contributed by atoms with E-state index in [1.807, 2.05) is 24.3 Å². The zero-order valence-electron chi connectivity index (χ0n) is 13.6. The van der Waals surface area contributed by atoms with Crippen LogP contribution in [0.2, 0.25) is 5.02 Å². The summed E-state index contributed by atoms with van der Waals surface area (Å²) in [5.41, 5.74) is 2.64. The molecule has 1 aromatic carbocycles. The highest BCUT2D eigenvalue weighted by Gasteiger charge is 2.34. The molecule has 0 aromatic heterocycles. The smallest absolute Gasteiger partial charge is 0.168 e. The molecule has 3 heteroatoms. The van der Waals surface area contributed by atoms with Crippen molar-refractivity contribution in [1.29, 1.82) is 0 Å². The highest BCUT2D eigenvalue weighted by molar-refractivity contribution is 6.30. The molecule has 0 atom stereocenters. The van der Waals surface area contributed by atoms with Gasteiger partial charge in [0, 0.05) is 48.6 Å². The Hall–Kier alpha value is -2.06. The SMILES string of the molecule is CC1(C)CC(N2C=CC=CC=C2)=CC=[N+]1Cc1ccc(Cl)cc1. The first-order valence-corrected chi connectivity index (χ1v) is 8.28. The van der Waals surface area contributed by atoms with Crippen LogP contribution in [0, 0.1) is 0 Å². The minimum Gasteiger partial charge on any atom is -0.327 e. The lowest BCUT2D eigenvalue weighted by molar-refractivity contribution is -0.612. The molecule has 23 heavy (non-hydrogen) atoms. The molecule has 0 amide bonds. The molecular formula is C20H22ClN2+. The van der Waals surface area contributed by atoms with Crippen LogP contribution >= 0.6 is 11.6 Å². The number of hydrogen-bond acceptors (Lipinski definition) is 1. The summed E-state index contributed by atoms with van der Waals surface area (Å²) in [6, 6.07) is 8.10. The van der Waals surface area contributed by atoms with Crippen molar-refractivity contribution in [2.75, 3.05) is 0 Å². The summed E-state index contributed by atoms with van der Waals surface area (Å²) >= 11 is 5.97. The number of hydrogen-bond donors (Lipinski definition) is 0. The van der Waals surface area contributed by atoms with Crippen molar-refractivity contribution >= 4 is 17.8 Å². The molecule has 0 saturated heterocycles. The van der Waals surface area contributed by atoms with Crippen molar-refractivity contribution in [2.24, 2.45) is 0 Å². The number of allylic oxidation sites excluding steroid dienone is 5. The number of rotatable bonds is 3. The molecule has 118 valence electrons. The zero-order chi connectivity index (χ0) is 16.3. The van der Waals surface area contributed by atoms with Gasteiger partial charge in [0.1, 0.15) is 0 Å². The van der Waals surface area contributed by atoms with E-state index >= 15 is 0 Å². The third-order valence-corrected chi connectivity index (χ3v) is 4.51. The summed E-state index contributed by atoms with van der Waals surface area (Å²) < 4.78 is 2.39. The van der Waals surface area contributed by atoms with Crippen LogP contribution in [0.25, 0.3) is 0 Å². The average molecular weight is 326 g/mol. The Labute approximate surface area is 143 Å². The Bertz CT molecular complexity index is 703. The largest absolute Gasteiger partial charge is 0.327 e. The second kappa shape index (κ2) is 6.59. The van der Waals surface area contributed by atoms with Crippen LogP contribution in [-0.2, 0) is 6.54 Å². The fourth-order valence-electron chi connectivity index (χ4n) is 2.87. The van der Waals surface area contributed by atoms with Gasteiger partial charge < -0.3 is 4.90 Å². The topological polar surface area (TPSA) is 6.25 Å². The normalized spacial score (nSPS) is 19.3. The van der Waals surface area contributed by atoms with Crippen molar-refractivity contribution in [3.8, 4) is 0 Å². The molecule has 2 nitrogen and oxygen atoms in total. The Morgan fingerprint density at radius 1 is 1.04 bits per heavy atom. The molecular weight excluding hydrogens is 304 g/mol. The van der Waals surface area contributed by atoms with E-state index < -0.39 is 0 Å². The van der Waals surface area contributed by atoms with E-state index in [4.69, 9.17) is 11.6 Å².